The molecule has 0 radical (unpaired) electrons. The predicted octanol–water partition coefficient (Wildman–Crippen LogP) is 1.45. The summed E-state index contributed by atoms with van der Waals surface area (Å²) in [5.74, 6) is 3.21. The highest BCUT2D eigenvalue weighted by Gasteiger charge is 2.19. The maximum absolute atomic E-state index is 13.9. The monoisotopic (exact) mass is 303 g/mol. The first-order valence-corrected chi connectivity index (χ1v) is 6.40. The fourth-order valence-electron chi connectivity index (χ4n) is 2.43. The van der Waals surface area contributed by atoms with Gasteiger partial charge in [-0.2, -0.15) is 4.68 Å². The molecule has 0 saturated heterocycles. The lowest BCUT2D eigenvalue weighted by Gasteiger charge is -2.14. The average molecular weight is 303 g/mol. The number of fused-ring (bicyclic) bond motifs is 1. The van der Waals surface area contributed by atoms with E-state index in [1.807, 2.05) is 0 Å². The Kier molecular flexibility index (Phi) is 3.05. The van der Waals surface area contributed by atoms with Crippen LogP contribution >= 0.6 is 0 Å². The highest BCUT2D eigenvalue weighted by atomic mass is 19.2. The Hall–Kier alpha value is -2.96. The smallest absolute Gasteiger partial charge is 0.332 e. The van der Waals surface area contributed by atoms with Gasteiger partial charge in [0.15, 0.2) is 11.6 Å². The zero-order valence-corrected chi connectivity index (χ0v) is 11.5. The van der Waals surface area contributed by atoms with Crippen LogP contribution in [0.1, 0.15) is 5.56 Å². The van der Waals surface area contributed by atoms with Gasteiger partial charge < -0.3 is 5.84 Å². The summed E-state index contributed by atoms with van der Waals surface area (Å²) in [4.78, 5) is 24.4. The Labute approximate surface area is 122 Å². The molecule has 1 heterocycles. The van der Waals surface area contributed by atoms with Crippen molar-refractivity contribution in [1.29, 1.82) is 0 Å². The number of nitrogens with two attached hydrogens (primary N) is 1. The van der Waals surface area contributed by atoms with Gasteiger partial charge in [-0.3, -0.25) is 9.36 Å². The highest BCUT2D eigenvalue weighted by Crippen LogP contribution is 2.22. The third kappa shape index (κ3) is 1.82. The van der Waals surface area contributed by atoms with E-state index in [1.165, 1.54) is 6.92 Å². The summed E-state index contributed by atoms with van der Waals surface area (Å²) in [5.41, 5.74) is -1.45. The number of nitrogens with zero attached hydrogens (tertiary/aromatic N) is 2. The first-order chi connectivity index (χ1) is 10.4. The minimum atomic E-state index is -1.17. The van der Waals surface area contributed by atoms with Crippen LogP contribution in [0, 0.1) is 18.6 Å². The molecule has 22 heavy (non-hydrogen) atoms. The van der Waals surface area contributed by atoms with Gasteiger partial charge in [0.25, 0.3) is 5.56 Å². The minimum absolute atomic E-state index is 0.00167. The molecule has 0 aliphatic carbocycles. The van der Waals surface area contributed by atoms with E-state index in [1.54, 1.807) is 30.3 Å². The first kappa shape index (κ1) is 14.0. The fraction of sp³-hybridized carbons (Fsp3) is 0.0667. The maximum atomic E-state index is 13.9. The van der Waals surface area contributed by atoms with Gasteiger partial charge in [0.1, 0.15) is 0 Å². The summed E-state index contributed by atoms with van der Waals surface area (Å²) in [6, 6.07) is 9.05. The summed E-state index contributed by atoms with van der Waals surface area (Å²) in [7, 11) is 0. The topological polar surface area (TPSA) is 70.0 Å². The molecule has 0 bridgehead atoms. The Bertz CT molecular complexity index is 1010. The van der Waals surface area contributed by atoms with E-state index in [0.717, 1.165) is 10.6 Å². The molecular weight excluding hydrogens is 292 g/mol. The van der Waals surface area contributed by atoms with E-state index in [9.17, 15) is 18.4 Å². The molecule has 0 aliphatic heterocycles. The van der Waals surface area contributed by atoms with Gasteiger partial charge in [0.05, 0.1) is 16.6 Å². The Morgan fingerprint density at radius 2 is 1.73 bits per heavy atom. The van der Waals surface area contributed by atoms with Crippen molar-refractivity contribution in [2.45, 2.75) is 6.92 Å². The summed E-state index contributed by atoms with van der Waals surface area (Å²) < 4.78 is 29.0. The minimum Gasteiger partial charge on any atom is -0.332 e. The molecule has 5 nitrogen and oxygen atoms in total. The van der Waals surface area contributed by atoms with Crippen LogP contribution in [0.3, 0.4) is 0 Å². The van der Waals surface area contributed by atoms with Crippen molar-refractivity contribution in [3.8, 4) is 5.69 Å². The average Bonchev–Trinajstić information content (AvgIpc) is 2.53. The van der Waals surface area contributed by atoms with Crippen LogP contribution in [0.25, 0.3) is 16.6 Å². The van der Waals surface area contributed by atoms with E-state index >= 15 is 0 Å². The number of hydrogen-bond donors (Lipinski definition) is 1. The molecule has 0 fully saturated rings. The summed E-state index contributed by atoms with van der Waals surface area (Å²) in [6.07, 6.45) is 0. The standard InChI is InChI=1S/C15H11F2N3O2/c1-8-12(17)11(16)7-10-13(8)19(9-5-3-2-4-6-9)15(22)20(18)14(10)21/h2-7H,18H2,1H3. The third-order valence-electron chi connectivity index (χ3n) is 3.50. The summed E-state index contributed by atoms with van der Waals surface area (Å²) in [5, 5.41) is -0.164. The summed E-state index contributed by atoms with van der Waals surface area (Å²) in [6.45, 7) is 1.31. The van der Waals surface area contributed by atoms with Crippen LogP contribution in [0.15, 0.2) is 46.0 Å². The van der Waals surface area contributed by atoms with E-state index in [0.29, 0.717) is 10.4 Å². The van der Waals surface area contributed by atoms with E-state index in [2.05, 4.69) is 0 Å². The quantitative estimate of drug-likeness (QED) is 0.692. The number of benzene rings is 2. The van der Waals surface area contributed by atoms with E-state index < -0.39 is 22.9 Å². The predicted molar refractivity (Wildman–Crippen MR) is 78.6 cm³/mol. The van der Waals surface area contributed by atoms with Crippen LogP contribution in [0.5, 0.6) is 0 Å². The van der Waals surface area contributed by atoms with Crippen LogP contribution < -0.4 is 17.1 Å². The van der Waals surface area contributed by atoms with Gasteiger partial charge in [-0.1, -0.05) is 18.2 Å². The largest absolute Gasteiger partial charge is 0.354 e. The van der Waals surface area contributed by atoms with Crippen LogP contribution in [-0.2, 0) is 0 Å². The second-order valence-electron chi connectivity index (χ2n) is 4.82. The molecule has 112 valence electrons. The second kappa shape index (κ2) is 4.80. The zero-order chi connectivity index (χ0) is 16.0. The second-order valence-corrected chi connectivity index (χ2v) is 4.82. The molecule has 0 atom stereocenters. The molecule has 2 aromatic carbocycles. The van der Waals surface area contributed by atoms with Crippen molar-refractivity contribution in [3.05, 3.63) is 74.4 Å². The molecule has 0 amide bonds. The Morgan fingerprint density at radius 1 is 1.09 bits per heavy atom. The SMILES string of the molecule is Cc1c(F)c(F)cc2c(=O)n(N)c(=O)n(-c3ccccc3)c12. The van der Waals surface area contributed by atoms with Gasteiger partial charge in [-0.15, -0.1) is 0 Å². The third-order valence-corrected chi connectivity index (χ3v) is 3.50. The first-order valence-electron chi connectivity index (χ1n) is 6.40. The Balaban J connectivity index is 2.65. The van der Waals surface area contributed by atoms with E-state index in [-0.39, 0.29) is 16.5 Å². The molecular formula is C15H11F2N3O2. The Morgan fingerprint density at radius 3 is 2.36 bits per heavy atom. The highest BCUT2D eigenvalue weighted by molar-refractivity contribution is 5.83. The van der Waals surface area contributed by atoms with Gasteiger partial charge in [0, 0.05) is 5.56 Å². The van der Waals surface area contributed by atoms with E-state index in [4.69, 9.17) is 5.84 Å². The number of rotatable bonds is 1. The maximum Gasteiger partial charge on any atom is 0.354 e. The van der Waals surface area contributed by atoms with Gasteiger partial charge in [-0.05, 0) is 25.1 Å². The van der Waals surface area contributed by atoms with Gasteiger partial charge in [0.2, 0.25) is 0 Å². The fourth-order valence-corrected chi connectivity index (χ4v) is 2.43. The number of hydrogen-bond acceptors (Lipinski definition) is 3. The molecule has 0 aliphatic rings. The lowest BCUT2D eigenvalue weighted by molar-refractivity contribution is 0.504. The molecule has 3 aromatic rings. The molecule has 1 aromatic heterocycles. The molecule has 7 heteroatoms. The van der Waals surface area contributed by atoms with Gasteiger partial charge in [-0.25, -0.2) is 13.6 Å². The van der Waals surface area contributed by atoms with Crippen LogP contribution in [0.4, 0.5) is 8.78 Å². The summed E-state index contributed by atoms with van der Waals surface area (Å²) >= 11 is 0. The van der Waals surface area contributed by atoms with Crippen molar-refractivity contribution < 1.29 is 8.78 Å². The number of halogens is 2. The molecule has 3 rings (SSSR count). The lowest BCUT2D eigenvalue weighted by atomic mass is 10.1. The number of para-hydroxylation sites is 1. The van der Waals surface area contributed by atoms with Crippen molar-refractivity contribution in [3.63, 3.8) is 0 Å². The molecule has 0 spiro atoms. The van der Waals surface area contributed by atoms with Crippen molar-refractivity contribution in [2.24, 2.45) is 0 Å². The van der Waals surface area contributed by atoms with Crippen molar-refractivity contribution in [1.82, 2.24) is 9.24 Å². The zero-order valence-electron chi connectivity index (χ0n) is 11.5. The molecule has 2 N–H and O–H groups in total. The van der Waals surface area contributed by atoms with Crippen LogP contribution in [-0.4, -0.2) is 9.24 Å². The number of aromatic nitrogens is 2. The van der Waals surface area contributed by atoms with Crippen molar-refractivity contribution >= 4 is 10.9 Å². The molecule has 0 unspecified atom stereocenters. The normalized spacial score (nSPS) is 11.0. The van der Waals surface area contributed by atoms with Gasteiger partial charge >= 0.3 is 5.69 Å². The number of nitrogen functional groups attached to an aromatic ring is 1. The lowest BCUT2D eigenvalue weighted by Crippen LogP contribution is -2.44. The molecule has 0 saturated carbocycles. The van der Waals surface area contributed by atoms with Crippen molar-refractivity contribution in [2.75, 3.05) is 5.84 Å². The van der Waals surface area contributed by atoms with Crippen LogP contribution in [0.2, 0.25) is 0 Å². The number of aryl methyl sites for hydroxylation is 1.